The number of benzene rings is 1. The first-order valence-corrected chi connectivity index (χ1v) is 5.89. The summed E-state index contributed by atoms with van der Waals surface area (Å²) < 4.78 is 5.31. The highest BCUT2D eigenvalue weighted by molar-refractivity contribution is 5.99. The number of anilines is 1. The molecule has 1 fully saturated rings. The highest BCUT2D eigenvalue weighted by Crippen LogP contribution is 2.18. The number of halogens is 1. The average Bonchev–Trinajstić information content (AvgIpc) is 2.38. The Labute approximate surface area is 114 Å². The van der Waals surface area contributed by atoms with Crippen molar-refractivity contribution >= 4 is 24.0 Å². The van der Waals surface area contributed by atoms with Crippen LogP contribution in [0.4, 0.5) is 5.69 Å². The summed E-state index contributed by atoms with van der Waals surface area (Å²) in [4.78, 5) is 14.1. The predicted molar refractivity (Wildman–Crippen MR) is 74.0 cm³/mol. The highest BCUT2D eigenvalue weighted by atomic mass is 35.5. The van der Waals surface area contributed by atoms with E-state index in [9.17, 15) is 4.79 Å². The molecule has 1 aliphatic rings. The molecule has 1 atom stereocenters. The second kappa shape index (κ2) is 6.61. The molecule has 100 valence electrons. The topological polar surface area (TPSA) is 55.6 Å². The van der Waals surface area contributed by atoms with Gasteiger partial charge in [-0.3, -0.25) is 4.79 Å². The van der Waals surface area contributed by atoms with Crippen LogP contribution in [0.15, 0.2) is 24.3 Å². The summed E-state index contributed by atoms with van der Waals surface area (Å²) in [6.07, 6.45) is 2.15. The lowest BCUT2D eigenvalue weighted by Crippen LogP contribution is -2.43. The average molecular weight is 271 g/mol. The molecule has 2 rings (SSSR count). The molecule has 1 aromatic rings. The van der Waals surface area contributed by atoms with Crippen molar-refractivity contribution < 1.29 is 9.53 Å². The van der Waals surface area contributed by atoms with Crippen molar-refractivity contribution in [1.82, 2.24) is 4.90 Å². The number of likely N-dealkylation sites (tertiary alicyclic amines) is 1. The first kappa shape index (κ1) is 14.8. The van der Waals surface area contributed by atoms with Crippen molar-refractivity contribution in [3.63, 3.8) is 0 Å². The van der Waals surface area contributed by atoms with Gasteiger partial charge in [0.15, 0.2) is 0 Å². The number of carbonyl (C=O) groups excluding carboxylic acids is 1. The molecule has 18 heavy (non-hydrogen) atoms. The molecule has 1 saturated heterocycles. The van der Waals surface area contributed by atoms with Crippen molar-refractivity contribution in [2.75, 3.05) is 25.9 Å². The first-order chi connectivity index (χ1) is 8.22. The predicted octanol–water partition coefficient (Wildman–Crippen LogP) is 1.94. The number of rotatable bonds is 2. The van der Waals surface area contributed by atoms with Crippen LogP contribution in [0.5, 0.6) is 0 Å². The van der Waals surface area contributed by atoms with Gasteiger partial charge in [-0.05, 0) is 25.0 Å². The van der Waals surface area contributed by atoms with E-state index in [0.717, 1.165) is 19.4 Å². The molecule has 0 bridgehead atoms. The van der Waals surface area contributed by atoms with Crippen LogP contribution in [0.25, 0.3) is 0 Å². The summed E-state index contributed by atoms with van der Waals surface area (Å²) in [6.45, 7) is 1.44. The summed E-state index contributed by atoms with van der Waals surface area (Å²) in [5.41, 5.74) is 6.94. The highest BCUT2D eigenvalue weighted by Gasteiger charge is 2.24. The largest absolute Gasteiger partial charge is 0.398 e. The Morgan fingerprint density at radius 2 is 2.17 bits per heavy atom. The van der Waals surface area contributed by atoms with Gasteiger partial charge in [-0.1, -0.05) is 12.1 Å². The van der Waals surface area contributed by atoms with E-state index in [-0.39, 0.29) is 24.4 Å². The smallest absolute Gasteiger partial charge is 0.256 e. The molecule has 1 heterocycles. The number of hydrogen-bond acceptors (Lipinski definition) is 3. The zero-order chi connectivity index (χ0) is 12.3. The SMILES string of the molecule is COC1CCCN(C(=O)c2ccccc2N)C1.Cl. The van der Waals surface area contributed by atoms with Gasteiger partial charge < -0.3 is 15.4 Å². The fourth-order valence-corrected chi connectivity index (χ4v) is 2.18. The summed E-state index contributed by atoms with van der Waals surface area (Å²) in [7, 11) is 1.69. The molecular formula is C13H19ClN2O2. The molecule has 2 N–H and O–H groups in total. The molecule has 4 nitrogen and oxygen atoms in total. The zero-order valence-electron chi connectivity index (χ0n) is 10.5. The minimum absolute atomic E-state index is 0. The van der Waals surface area contributed by atoms with E-state index < -0.39 is 0 Å². The maximum Gasteiger partial charge on any atom is 0.256 e. The summed E-state index contributed by atoms with van der Waals surface area (Å²) >= 11 is 0. The number of para-hydroxylation sites is 1. The van der Waals surface area contributed by atoms with Gasteiger partial charge in [0.2, 0.25) is 0 Å². The normalized spacial score (nSPS) is 19.2. The van der Waals surface area contributed by atoms with Gasteiger partial charge >= 0.3 is 0 Å². The minimum Gasteiger partial charge on any atom is -0.398 e. The summed E-state index contributed by atoms with van der Waals surface area (Å²) in [6, 6.07) is 7.20. The third kappa shape index (κ3) is 3.15. The number of piperidine rings is 1. The number of carbonyl (C=O) groups is 1. The lowest BCUT2D eigenvalue weighted by atomic mass is 10.1. The van der Waals surface area contributed by atoms with Gasteiger partial charge in [-0.25, -0.2) is 0 Å². The fraction of sp³-hybridized carbons (Fsp3) is 0.462. The maximum atomic E-state index is 12.3. The molecule has 0 aliphatic carbocycles. The Morgan fingerprint density at radius 1 is 1.44 bits per heavy atom. The van der Waals surface area contributed by atoms with Crippen LogP contribution in [0.1, 0.15) is 23.2 Å². The van der Waals surface area contributed by atoms with Gasteiger partial charge in [0.1, 0.15) is 0 Å². The molecule has 1 aromatic carbocycles. The number of nitrogen functional groups attached to an aromatic ring is 1. The molecule has 0 spiro atoms. The van der Waals surface area contributed by atoms with E-state index >= 15 is 0 Å². The molecule has 1 aliphatic heterocycles. The van der Waals surface area contributed by atoms with Crippen molar-refractivity contribution in [3.05, 3.63) is 29.8 Å². The van der Waals surface area contributed by atoms with Crippen LogP contribution >= 0.6 is 12.4 Å². The molecule has 0 aromatic heterocycles. The first-order valence-electron chi connectivity index (χ1n) is 5.89. The standard InChI is InChI=1S/C13H18N2O2.ClH/c1-17-10-5-4-8-15(9-10)13(16)11-6-2-3-7-12(11)14;/h2-3,6-7,10H,4-5,8-9,14H2,1H3;1H. The molecule has 0 radical (unpaired) electrons. The van der Waals surface area contributed by atoms with Crippen LogP contribution in [-0.4, -0.2) is 37.1 Å². The van der Waals surface area contributed by atoms with Crippen LogP contribution in [0.3, 0.4) is 0 Å². The van der Waals surface area contributed by atoms with Crippen molar-refractivity contribution in [2.24, 2.45) is 0 Å². The number of amides is 1. The quantitative estimate of drug-likeness (QED) is 0.836. The van der Waals surface area contributed by atoms with E-state index in [4.69, 9.17) is 10.5 Å². The van der Waals surface area contributed by atoms with E-state index in [2.05, 4.69) is 0 Å². The van der Waals surface area contributed by atoms with Crippen LogP contribution in [0.2, 0.25) is 0 Å². The molecular weight excluding hydrogens is 252 g/mol. The Morgan fingerprint density at radius 3 is 2.83 bits per heavy atom. The minimum atomic E-state index is 0. The Balaban J connectivity index is 0.00000162. The van der Waals surface area contributed by atoms with Crippen molar-refractivity contribution in [3.8, 4) is 0 Å². The van der Waals surface area contributed by atoms with Crippen LogP contribution in [-0.2, 0) is 4.74 Å². The molecule has 1 amide bonds. The van der Waals surface area contributed by atoms with Crippen LogP contribution < -0.4 is 5.73 Å². The Hall–Kier alpha value is -1.26. The van der Waals surface area contributed by atoms with Gasteiger partial charge in [0.25, 0.3) is 5.91 Å². The van der Waals surface area contributed by atoms with E-state index in [1.54, 1.807) is 19.2 Å². The van der Waals surface area contributed by atoms with Gasteiger partial charge in [0.05, 0.1) is 11.7 Å². The fourth-order valence-electron chi connectivity index (χ4n) is 2.18. The molecule has 1 unspecified atom stereocenters. The zero-order valence-corrected chi connectivity index (χ0v) is 11.3. The van der Waals surface area contributed by atoms with Gasteiger partial charge in [-0.2, -0.15) is 0 Å². The molecule has 5 heteroatoms. The van der Waals surface area contributed by atoms with E-state index in [1.165, 1.54) is 0 Å². The number of hydrogen-bond donors (Lipinski definition) is 1. The summed E-state index contributed by atoms with van der Waals surface area (Å²) in [5.74, 6) is 0.00449. The number of nitrogens with two attached hydrogens (primary N) is 1. The van der Waals surface area contributed by atoms with Gasteiger partial charge in [-0.15, -0.1) is 12.4 Å². The lowest BCUT2D eigenvalue weighted by molar-refractivity contribution is 0.0269. The lowest BCUT2D eigenvalue weighted by Gasteiger charge is -2.32. The second-order valence-corrected chi connectivity index (χ2v) is 4.34. The van der Waals surface area contributed by atoms with E-state index in [0.29, 0.717) is 17.8 Å². The monoisotopic (exact) mass is 270 g/mol. The summed E-state index contributed by atoms with van der Waals surface area (Å²) in [5, 5.41) is 0. The third-order valence-corrected chi connectivity index (χ3v) is 3.19. The van der Waals surface area contributed by atoms with Crippen molar-refractivity contribution in [1.29, 1.82) is 0 Å². The van der Waals surface area contributed by atoms with Gasteiger partial charge in [0, 0.05) is 25.9 Å². The number of methoxy groups -OCH3 is 1. The van der Waals surface area contributed by atoms with Crippen molar-refractivity contribution in [2.45, 2.75) is 18.9 Å². The van der Waals surface area contributed by atoms with E-state index in [1.807, 2.05) is 17.0 Å². The Kier molecular flexibility index (Phi) is 5.44. The Bertz CT molecular complexity index is 412. The van der Waals surface area contributed by atoms with Crippen LogP contribution in [0, 0.1) is 0 Å². The third-order valence-electron chi connectivity index (χ3n) is 3.19. The number of ether oxygens (including phenoxy) is 1. The molecule has 0 saturated carbocycles. The second-order valence-electron chi connectivity index (χ2n) is 4.34. The number of nitrogens with zero attached hydrogens (tertiary/aromatic N) is 1. The maximum absolute atomic E-state index is 12.3.